The van der Waals surface area contributed by atoms with Gasteiger partial charge in [0.05, 0.1) is 5.56 Å². The Morgan fingerprint density at radius 2 is 1.55 bits per heavy atom. The van der Waals surface area contributed by atoms with Crippen LogP contribution in [0.25, 0.3) is 11.1 Å². The third kappa shape index (κ3) is 2.69. The molecule has 0 atom stereocenters. The van der Waals surface area contributed by atoms with Crippen LogP contribution in [0.1, 0.15) is 20.7 Å². The number of carboxylic acids is 1. The number of carbonyl (C=O) groups excluding carboxylic acids is 1. The van der Waals surface area contributed by atoms with Crippen molar-refractivity contribution >= 4 is 11.9 Å². The van der Waals surface area contributed by atoms with Crippen molar-refractivity contribution in [1.82, 2.24) is 4.90 Å². The van der Waals surface area contributed by atoms with E-state index in [1.807, 2.05) is 0 Å². The molecule has 0 aliphatic carbocycles. The Morgan fingerprint density at radius 1 is 0.950 bits per heavy atom. The molecule has 20 heavy (non-hydrogen) atoms. The topological polar surface area (TPSA) is 57.6 Å². The fourth-order valence-corrected chi connectivity index (χ4v) is 1.97. The first kappa shape index (κ1) is 13.8. The summed E-state index contributed by atoms with van der Waals surface area (Å²) in [7, 11) is 3.38. The van der Waals surface area contributed by atoms with Gasteiger partial charge in [0.25, 0.3) is 5.91 Å². The molecule has 0 radical (unpaired) electrons. The predicted molar refractivity (Wildman–Crippen MR) is 76.9 cm³/mol. The third-order valence-corrected chi connectivity index (χ3v) is 3.01. The molecule has 0 heterocycles. The minimum Gasteiger partial charge on any atom is -0.478 e. The summed E-state index contributed by atoms with van der Waals surface area (Å²) < 4.78 is 0. The van der Waals surface area contributed by atoms with E-state index in [4.69, 9.17) is 0 Å². The first-order valence-electron chi connectivity index (χ1n) is 6.15. The van der Waals surface area contributed by atoms with Gasteiger partial charge in [-0.05, 0) is 29.3 Å². The molecule has 0 aliphatic heterocycles. The highest BCUT2D eigenvalue weighted by molar-refractivity contribution is 5.97. The number of amides is 1. The van der Waals surface area contributed by atoms with Crippen molar-refractivity contribution in [3.63, 3.8) is 0 Å². The number of benzene rings is 2. The maximum atomic E-state index is 11.8. The van der Waals surface area contributed by atoms with Crippen LogP contribution >= 0.6 is 0 Å². The Kier molecular flexibility index (Phi) is 3.84. The predicted octanol–water partition coefficient (Wildman–Crippen LogP) is 2.75. The molecule has 102 valence electrons. The molecule has 0 spiro atoms. The van der Waals surface area contributed by atoms with E-state index in [-0.39, 0.29) is 11.5 Å². The molecule has 0 aliphatic rings. The number of hydrogen-bond donors (Lipinski definition) is 1. The van der Waals surface area contributed by atoms with Crippen LogP contribution < -0.4 is 0 Å². The van der Waals surface area contributed by atoms with Crippen LogP contribution in [-0.4, -0.2) is 36.0 Å². The fraction of sp³-hybridized carbons (Fsp3) is 0.125. The van der Waals surface area contributed by atoms with Crippen molar-refractivity contribution < 1.29 is 14.7 Å². The van der Waals surface area contributed by atoms with Crippen LogP contribution in [0, 0.1) is 0 Å². The summed E-state index contributed by atoms with van der Waals surface area (Å²) >= 11 is 0. The fourth-order valence-electron chi connectivity index (χ4n) is 1.97. The molecule has 0 saturated heterocycles. The second-order valence-corrected chi connectivity index (χ2v) is 4.63. The first-order valence-corrected chi connectivity index (χ1v) is 6.15. The Balaban J connectivity index is 2.41. The van der Waals surface area contributed by atoms with Gasteiger partial charge in [0.1, 0.15) is 0 Å². The van der Waals surface area contributed by atoms with Crippen LogP contribution in [0.3, 0.4) is 0 Å². The molecule has 1 N–H and O–H groups in total. The molecule has 1 amide bonds. The zero-order valence-corrected chi connectivity index (χ0v) is 11.3. The highest BCUT2D eigenvalue weighted by Gasteiger charge is 2.12. The molecule has 2 aromatic carbocycles. The highest BCUT2D eigenvalue weighted by atomic mass is 16.4. The summed E-state index contributed by atoms with van der Waals surface area (Å²) in [5.74, 6) is -1.04. The number of rotatable bonds is 3. The van der Waals surface area contributed by atoms with E-state index >= 15 is 0 Å². The minimum atomic E-state index is -0.964. The van der Waals surface area contributed by atoms with Crippen LogP contribution in [-0.2, 0) is 0 Å². The van der Waals surface area contributed by atoms with Gasteiger partial charge in [-0.1, -0.05) is 30.3 Å². The second kappa shape index (κ2) is 5.57. The molecule has 2 rings (SSSR count). The average Bonchev–Trinajstić information content (AvgIpc) is 2.46. The van der Waals surface area contributed by atoms with Gasteiger partial charge in [-0.2, -0.15) is 0 Å². The van der Waals surface area contributed by atoms with E-state index in [1.165, 1.54) is 4.90 Å². The molecular formula is C16H15NO3. The van der Waals surface area contributed by atoms with Crippen LogP contribution in [0.5, 0.6) is 0 Å². The van der Waals surface area contributed by atoms with Crippen LogP contribution in [0.2, 0.25) is 0 Å². The maximum Gasteiger partial charge on any atom is 0.336 e. The standard InChI is InChI=1S/C16H15NO3/c1-17(2)15(18)12-9-7-11(8-10-12)13-5-3-4-6-14(13)16(19)20/h3-10H,1-2H3,(H,19,20). The Bertz CT molecular complexity index is 645. The van der Waals surface area contributed by atoms with E-state index in [9.17, 15) is 14.7 Å². The number of carboxylic acid groups (broad SMARTS) is 1. The summed E-state index contributed by atoms with van der Waals surface area (Å²) in [4.78, 5) is 24.5. The molecule has 0 saturated carbocycles. The average molecular weight is 269 g/mol. The molecule has 0 aromatic heterocycles. The SMILES string of the molecule is CN(C)C(=O)c1ccc(-c2ccccc2C(=O)O)cc1. The van der Waals surface area contributed by atoms with E-state index in [0.29, 0.717) is 11.1 Å². The first-order chi connectivity index (χ1) is 9.50. The maximum absolute atomic E-state index is 11.8. The lowest BCUT2D eigenvalue weighted by Gasteiger charge is -2.11. The van der Waals surface area contributed by atoms with Crippen molar-refractivity contribution in [3.05, 3.63) is 59.7 Å². The van der Waals surface area contributed by atoms with Gasteiger partial charge in [-0.15, -0.1) is 0 Å². The van der Waals surface area contributed by atoms with Crippen LogP contribution in [0.15, 0.2) is 48.5 Å². The van der Waals surface area contributed by atoms with Gasteiger partial charge in [0.15, 0.2) is 0 Å². The molecule has 2 aromatic rings. The van der Waals surface area contributed by atoms with Crippen molar-refractivity contribution in [2.24, 2.45) is 0 Å². The lowest BCUT2D eigenvalue weighted by molar-refractivity contribution is 0.0697. The van der Waals surface area contributed by atoms with Gasteiger partial charge in [0.2, 0.25) is 0 Å². The summed E-state index contributed by atoms with van der Waals surface area (Å²) in [5, 5.41) is 9.18. The largest absolute Gasteiger partial charge is 0.478 e. The lowest BCUT2D eigenvalue weighted by atomic mass is 9.98. The normalized spacial score (nSPS) is 10.1. The van der Waals surface area contributed by atoms with E-state index in [0.717, 1.165) is 5.56 Å². The van der Waals surface area contributed by atoms with Crippen LogP contribution in [0.4, 0.5) is 0 Å². The monoisotopic (exact) mass is 269 g/mol. The van der Waals surface area contributed by atoms with Gasteiger partial charge in [0, 0.05) is 19.7 Å². The number of carbonyl (C=O) groups is 2. The van der Waals surface area contributed by atoms with Gasteiger partial charge < -0.3 is 10.0 Å². The van der Waals surface area contributed by atoms with Crippen molar-refractivity contribution in [2.45, 2.75) is 0 Å². The number of hydrogen-bond acceptors (Lipinski definition) is 2. The third-order valence-electron chi connectivity index (χ3n) is 3.01. The molecule has 0 bridgehead atoms. The molecule has 4 nitrogen and oxygen atoms in total. The Hall–Kier alpha value is -2.62. The van der Waals surface area contributed by atoms with Gasteiger partial charge in [-0.3, -0.25) is 4.79 Å². The number of aromatic carboxylic acids is 1. The van der Waals surface area contributed by atoms with Crippen molar-refractivity contribution in [3.8, 4) is 11.1 Å². The Labute approximate surface area is 117 Å². The van der Waals surface area contributed by atoms with Crippen molar-refractivity contribution in [2.75, 3.05) is 14.1 Å². The molecular weight excluding hydrogens is 254 g/mol. The molecule has 0 fully saturated rings. The summed E-state index contributed by atoms with van der Waals surface area (Å²) in [6, 6.07) is 13.7. The lowest BCUT2D eigenvalue weighted by Crippen LogP contribution is -2.21. The quantitative estimate of drug-likeness (QED) is 0.932. The smallest absolute Gasteiger partial charge is 0.336 e. The van der Waals surface area contributed by atoms with E-state index in [2.05, 4.69) is 0 Å². The Morgan fingerprint density at radius 3 is 2.10 bits per heavy atom. The zero-order valence-electron chi connectivity index (χ0n) is 11.3. The molecule has 0 unspecified atom stereocenters. The van der Waals surface area contributed by atoms with Gasteiger partial charge >= 0.3 is 5.97 Å². The highest BCUT2D eigenvalue weighted by Crippen LogP contribution is 2.24. The van der Waals surface area contributed by atoms with Crippen molar-refractivity contribution in [1.29, 1.82) is 0 Å². The minimum absolute atomic E-state index is 0.0805. The second-order valence-electron chi connectivity index (χ2n) is 4.63. The van der Waals surface area contributed by atoms with Gasteiger partial charge in [-0.25, -0.2) is 4.79 Å². The van der Waals surface area contributed by atoms with E-state index < -0.39 is 5.97 Å². The summed E-state index contributed by atoms with van der Waals surface area (Å²) in [5.41, 5.74) is 2.24. The summed E-state index contributed by atoms with van der Waals surface area (Å²) in [6.07, 6.45) is 0. The zero-order chi connectivity index (χ0) is 14.7. The molecule has 4 heteroatoms. The number of nitrogens with zero attached hydrogens (tertiary/aromatic N) is 1. The van der Waals surface area contributed by atoms with E-state index in [1.54, 1.807) is 62.6 Å². The summed E-state index contributed by atoms with van der Waals surface area (Å²) in [6.45, 7) is 0.